The van der Waals surface area contributed by atoms with Gasteiger partial charge in [-0.2, -0.15) is 0 Å². The van der Waals surface area contributed by atoms with Gasteiger partial charge in [-0.1, -0.05) is 12.0 Å². The molecule has 0 N–H and O–H groups in total. The number of rotatable bonds is 2. The zero-order chi connectivity index (χ0) is 8.81. The molecule has 0 saturated carbocycles. The molecular weight excluding hydrogens is 148 g/mol. The van der Waals surface area contributed by atoms with Gasteiger partial charge in [0.2, 0.25) is 0 Å². The van der Waals surface area contributed by atoms with Crippen molar-refractivity contribution in [3.63, 3.8) is 0 Å². The van der Waals surface area contributed by atoms with Crippen LogP contribution in [0, 0.1) is 12.3 Å². The number of allylic oxidation sites excluding steroid dienone is 1. The van der Waals surface area contributed by atoms with Gasteiger partial charge in [-0.05, 0) is 31.2 Å². The highest BCUT2D eigenvalue weighted by Gasteiger charge is 1.89. The smallest absolute Gasteiger partial charge is 0.126 e. The summed E-state index contributed by atoms with van der Waals surface area (Å²) in [5, 5.41) is 0. The Morgan fingerprint density at radius 2 is 2.00 bits per heavy atom. The molecule has 0 unspecified atom stereocenters. The summed E-state index contributed by atoms with van der Waals surface area (Å²) in [6.07, 6.45) is 8.65. The molecule has 0 bridgehead atoms. The lowest BCUT2D eigenvalue weighted by molar-refractivity contribution is 0.480. The molecule has 0 aliphatic heterocycles. The fourth-order valence-electron chi connectivity index (χ4n) is 0.776. The van der Waals surface area contributed by atoms with Gasteiger partial charge in [0.05, 0.1) is 6.26 Å². The highest BCUT2D eigenvalue weighted by Crippen LogP contribution is 2.11. The number of terminal acetylenes is 1. The predicted octanol–water partition coefficient (Wildman–Crippen LogP) is 2.58. The van der Waals surface area contributed by atoms with Crippen molar-refractivity contribution in [2.24, 2.45) is 0 Å². The van der Waals surface area contributed by atoms with Crippen LogP contribution in [-0.4, -0.2) is 0 Å². The molecule has 0 aromatic heterocycles. The van der Waals surface area contributed by atoms with E-state index in [1.165, 1.54) is 0 Å². The third-order valence-electron chi connectivity index (χ3n) is 1.36. The molecule has 0 aliphatic rings. The van der Waals surface area contributed by atoms with E-state index in [1.807, 2.05) is 37.3 Å². The molecule has 0 spiro atoms. The summed E-state index contributed by atoms with van der Waals surface area (Å²) in [5.74, 6) is 3.33. The molecule has 1 rings (SSSR count). The molecule has 60 valence electrons. The van der Waals surface area contributed by atoms with Gasteiger partial charge in [-0.25, -0.2) is 0 Å². The molecule has 0 fully saturated rings. The molecule has 12 heavy (non-hydrogen) atoms. The second kappa shape index (κ2) is 4.25. The molecule has 0 saturated heterocycles. The first-order valence-electron chi connectivity index (χ1n) is 3.71. The van der Waals surface area contributed by atoms with Crippen molar-refractivity contribution in [2.75, 3.05) is 0 Å². The topological polar surface area (TPSA) is 9.23 Å². The van der Waals surface area contributed by atoms with Gasteiger partial charge in [-0.15, -0.1) is 6.42 Å². The maximum Gasteiger partial charge on any atom is 0.126 e. The largest absolute Gasteiger partial charge is 0.465 e. The zero-order valence-electron chi connectivity index (χ0n) is 6.95. The maximum atomic E-state index is 5.21. The monoisotopic (exact) mass is 158 g/mol. The molecule has 0 radical (unpaired) electrons. The van der Waals surface area contributed by atoms with Crippen molar-refractivity contribution < 1.29 is 4.74 Å². The fourth-order valence-corrected chi connectivity index (χ4v) is 0.776. The summed E-state index contributed by atoms with van der Waals surface area (Å²) in [6, 6.07) is 7.38. The number of hydrogen-bond acceptors (Lipinski definition) is 1. The van der Waals surface area contributed by atoms with Crippen LogP contribution < -0.4 is 4.74 Å². The third kappa shape index (κ3) is 2.17. The summed E-state index contributed by atoms with van der Waals surface area (Å²) in [7, 11) is 0. The minimum absolute atomic E-state index is 0.798. The normalized spacial score (nSPS) is 9.67. The Labute approximate surface area is 72.7 Å². The number of ether oxygens (including phenoxy) is 1. The molecule has 0 amide bonds. The highest BCUT2D eigenvalue weighted by atomic mass is 16.5. The summed E-state index contributed by atoms with van der Waals surface area (Å²) >= 11 is 0. The average molecular weight is 158 g/mol. The Morgan fingerprint density at radius 3 is 2.50 bits per heavy atom. The van der Waals surface area contributed by atoms with Gasteiger partial charge in [0.1, 0.15) is 5.75 Å². The third-order valence-corrected chi connectivity index (χ3v) is 1.36. The molecular formula is C11H10O. The Balaban J connectivity index is 2.73. The van der Waals surface area contributed by atoms with Crippen molar-refractivity contribution in [3.05, 3.63) is 42.2 Å². The van der Waals surface area contributed by atoms with E-state index in [0.29, 0.717) is 0 Å². The van der Waals surface area contributed by atoms with Gasteiger partial charge in [0.25, 0.3) is 0 Å². The molecule has 1 aromatic rings. The number of hydrogen-bond donors (Lipinski definition) is 0. The van der Waals surface area contributed by atoms with Gasteiger partial charge in [0.15, 0.2) is 0 Å². The lowest BCUT2D eigenvalue weighted by Gasteiger charge is -1.98. The van der Waals surface area contributed by atoms with Crippen LogP contribution in [0.5, 0.6) is 5.75 Å². The van der Waals surface area contributed by atoms with E-state index in [2.05, 4.69) is 5.92 Å². The molecule has 0 aliphatic carbocycles. The second-order valence-corrected chi connectivity index (χ2v) is 2.26. The van der Waals surface area contributed by atoms with E-state index < -0.39 is 0 Å². The molecule has 1 aromatic carbocycles. The van der Waals surface area contributed by atoms with Crippen LogP contribution in [0.15, 0.2) is 36.6 Å². The van der Waals surface area contributed by atoms with Gasteiger partial charge >= 0.3 is 0 Å². The minimum Gasteiger partial charge on any atom is -0.465 e. The van der Waals surface area contributed by atoms with Crippen LogP contribution in [0.2, 0.25) is 0 Å². The maximum absolute atomic E-state index is 5.21. The van der Waals surface area contributed by atoms with E-state index in [9.17, 15) is 0 Å². The van der Waals surface area contributed by atoms with Crippen LogP contribution in [0.3, 0.4) is 0 Å². The Hall–Kier alpha value is -1.68. The van der Waals surface area contributed by atoms with Crippen LogP contribution in [0.1, 0.15) is 12.5 Å². The molecule has 0 heterocycles. The molecule has 1 heteroatoms. The van der Waals surface area contributed by atoms with Gasteiger partial charge in [-0.3, -0.25) is 0 Å². The van der Waals surface area contributed by atoms with Crippen molar-refractivity contribution in [2.45, 2.75) is 6.92 Å². The Bertz CT molecular complexity index is 301. The summed E-state index contributed by atoms with van der Waals surface area (Å²) in [5.41, 5.74) is 0.864. The predicted molar refractivity (Wildman–Crippen MR) is 49.8 cm³/mol. The first-order chi connectivity index (χ1) is 5.86. The lowest BCUT2D eigenvalue weighted by Crippen LogP contribution is -1.81. The Kier molecular flexibility index (Phi) is 2.98. The standard InChI is InChI=1S/C11H10O/c1-3-9-12-11-7-5-10(4-2)6-8-11/h2-3,5-9H,1H3. The average Bonchev–Trinajstić information content (AvgIpc) is 2.15. The first-order valence-corrected chi connectivity index (χ1v) is 3.71. The van der Waals surface area contributed by atoms with Crippen molar-refractivity contribution in [1.82, 2.24) is 0 Å². The molecule has 0 atom stereocenters. The van der Waals surface area contributed by atoms with E-state index in [0.717, 1.165) is 11.3 Å². The Morgan fingerprint density at radius 1 is 1.33 bits per heavy atom. The van der Waals surface area contributed by atoms with E-state index in [4.69, 9.17) is 11.2 Å². The fraction of sp³-hybridized carbons (Fsp3) is 0.0909. The summed E-state index contributed by atoms with van der Waals surface area (Å²) in [6.45, 7) is 1.90. The van der Waals surface area contributed by atoms with Crippen LogP contribution >= 0.6 is 0 Å². The SMILES string of the molecule is C#Cc1ccc(OC=CC)cc1. The quantitative estimate of drug-likeness (QED) is 0.475. The van der Waals surface area contributed by atoms with Crippen LogP contribution in [-0.2, 0) is 0 Å². The number of benzene rings is 1. The van der Waals surface area contributed by atoms with E-state index in [-0.39, 0.29) is 0 Å². The van der Waals surface area contributed by atoms with Crippen molar-refractivity contribution in [1.29, 1.82) is 0 Å². The minimum atomic E-state index is 0.798. The molecule has 1 nitrogen and oxygen atoms in total. The highest BCUT2D eigenvalue weighted by molar-refractivity contribution is 5.36. The summed E-state index contributed by atoms with van der Waals surface area (Å²) in [4.78, 5) is 0. The van der Waals surface area contributed by atoms with E-state index >= 15 is 0 Å². The van der Waals surface area contributed by atoms with Gasteiger partial charge in [0, 0.05) is 5.56 Å². The van der Waals surface area contributed by atoms with Crippen LogP contribution in [0.25, 0.3) is 0 Å². The van der Waals surface area contributed by atoms with Crippen molar-refractivity contribution in [3.8, 4) is 18.1 Å². The van der Waals surface area contributed by atoms with Gasteiger partial charge < -0.3 is 4.74 Å². The lowest BCUT2D eigenvalue weighted by atomic mass is 10.2. The zero-order valence-corrected chi connectivity index (χ0v) is 6.95. The first kappa shape index (κ1) is 8.42. The van der Waals surface area contributed by atoms with E-state index in [1.54, 1.807) is 6.26 Å². The second-order valence-electron chi connectivity index (χ2n) is 2.26. The summed E-state index contributed by atoms with van der Waals surface area (Å²) < 4.78 is 5.21. The van der Waals surface area contributed by atoms with Crippen molar-refractivity contribution >= 4 is 0 Å². The van der Waals surface area contributed by atoms with Crippen LogP contribution in [0.4, 0.5) is 0 Å².